The SMILES string of the molecule is COc1cc(C(=O)N[C@@H]2CCc3ccc(-c4cn5c(n4)CCC5)cc32)cc(OC)c1C. The highest BCUT2D eigenvalue weighted by molar-refractivity contribution is 5.95. The van der Waals surface area contributed by atoms with Crippen LogP contribution in [-0.2, 0) is 19.4 Å². The molecule has 1 aromatic heterocycles. The average molecular weight is 418 g/mol. The van der Waals surface area contributed by atoms with E-state index in [0.29, 0.717) is 17.1 Å². The number of fused-ring (bicyclic) bond motifs is 2. The molecule has 1 aliphatic heterocycles. The van der Waals surface area contributed by atoms with E-state index in [1.54, 1.807) is 26.4 Å². The second-order valence-electron chi connectivity index (χ2n) is 8.32. The molecule has 0 bridgehead atoms. The fourth-order valence-electron chi connectivity index (χ4n) is 4.76. The third-order valence-electron chi connectivity index (χ3n) is 6.50. The van der Waals surface area contributed by atoms with Gasteiger partial charge in [-0.1, -0.05) is 12.1 Å². The van der Waals surface area contributed by atoms with Crippen molar-refractivity contribution in [2.24, 2.45) is 0 Å². The third-order valence-corrected chi connectivity index (χ3v) is 6.50. The highest BCUT2D eigenvalue weighted by Gasteiger charge is 2.26. The minimum absolute atomic E-state index is 0.0183. The van der Waals surface area contributed by atoms with Crippen molar-refractivity contribution in [2.75, 3.05) is 14.2 Å². The molecule has 1 aliphatic carbocycles. The first-order valence-corrected chi connectivity index (χ1v) is 10.8. The molecule has 0 saturated carbocycles. The van der Waals surface area contributed by atoms with E-state index in [9.17, 15) is 4.79 Å². The van der Waals surface area contributed by atoms with Crippen molar-refractivity contribution < 1.29 is 14.3 Å². The summed E-state index contributed by atoms with van der Waals surface area (Å²) in [5.41, 5.74) is 6.02. The van der Waals surface area contributed by atoms with Crippen LogP contribution in [0.3, 0.4) is 0 Å². The second kappa shape index (κ2) is 7.76. The van der Waals surface area contributed by atoms with E-state index in [4.69, 9.17) is 14.5 Å². The molecule has 31 heavy (non-hydrogen) atoms. The zero-order valence-corrected chi connectivity index (χ0v) is 18.2. The molecule has 6 nitrogen and oxygen atoms in total. The van der Waals surface area contributed by atoms with Gasteiger partial charge in [0.05, 0.1) is 26.0 Å². The molecule has 1 amide bonds. The maximum Gasteiger partial charge on any atom is 0.252 e. The number of hydrogen-bond acceptors (Lipinski definition) is 4. The lowest BCUT2D eigenvalue weighted by Gasteiger charge is -2.17. The average Bonchev–Trinajstić information content (AvgIpc) is 3.49. The Bertz CT molecular complexity index is 1120. The van der Waals surface area contributed by atoms with Crippen molar-refractivity contribution in [1.82, 2.24) is 14.9 Å². The van der Waals surface area contributed by atoms with Crippen LogP contribution in [0.15, 0.2) is 36.5 Å². The number of nitrogens with one attached hydrogen (secondary N) is 1. The molecule has 3 aromatic rings. The molecule has 2 heterocycles. The number of ether oxygens (including phenoxy) is 2. The molecule has 160 valence electrons. The number of aryl methyl sites for hydroxylation is 3. The molecule has 0 radical (unpaired) electrons. The monoisotopic (exact) mass is 417 g/mol. The molecular weight excluding hydrogens is 390 g/mol. The Kier molecular flexibility index (Phi) is 4.93. The van der Waals surface area contributed by atoms with E-state index in [1.165, 1.54) is 23.4 Å². The Balaban J connectivity index is 1.40. The smallest absolute Gasteiger partial charge is 0.252 e. The van der Waals surface area contributed by atoms with Crippen molar-refractivity contribution in [3.05, 3.63) is 64.6 Å². The molecule has 0 spiro atoms. The van der Waals surface area contributed by atoms with Crippen LogP contribution < -0.4 is 14.8 Å². The fraction of sp³-hybridized carbons (Fsp3) is 0.360. The number of rotatable bonds is 5. The van der Waals surface area contributed by atoms with E-state index in [-0.39, 0.29) is 11.9 Å². The van der Waals surface area contributed by atoms with Gasteiger partial charge in [0.1, 0.15) is 17.3 Å². The van der Waals surface area contributed by atoms with Gasteiger partial charge in [-0.25, -0.2) is 4.98 Å². The van der Waals surface area contributed by atoms with Crippen molar-refractivity contribution in [3.8, 4) is 22.8 Å². The molecular formula is C25H27N3O3. The highest BCUT2D eigenvalue weighted by Crippen LogP contribution is 2.36. The zero-order valence-electron chi connectivity index (χ0n) is 18.2. The molecule has 0 unspecified atom stereocenters. The zero-order chi connectivity index (χ0) is 21.5. The third kappa shape index (κ3) is 3.46. The molecule has 2 aliphatic rings. The number of hydrogen-bond donors (Lipinski definition) is 1. The number of imidazole rings is 1. The van der Waals surface area contributed by atoms with Gasteiger partial charge in [-0.05, 0) is 55.5 Å². The first-order chi connectivity index (χ1) is 15.1. The van der Waals surface area contributed by atoms with E-state index < -0.39 is 0 Å². The van der Waals surface area contributed by atoms with Gasteiger partial charge in [0, 0.05) is 35.9 Å². The van der Waals surface area contributed by atoms with Crippen LogP contribution in [-0.4, -0.2) is 29.7 Å². The fourth-order valence-corrected chi connectivity index (χ4v) is 4.76. The van der Waals surface area contributed by atoms with E-state index in [0.717, 1.165) is 42.6 Å². The van der Waals surface area contributed by atoms with Gasteiger partial charge in [-0.3, -0.25) is 4.79 Å². The molecule has 0 saturated heterocycles. The summed E-state index contributed by atoms with van der Waals surface area (Å²) in [5, 5.41) is 3.22. The Labute approximate surface area is 182 Å². The van der Waals surface area contributed by atoms with Crippen LogP contribution >= 0.6 is 0 Å². The van der Waals surface area contributed by atoms with Crippen LogP contribution in [0.4, 0.5) is 0 Å². The first kappa shape index (κ1) is 19.7. The van der Waals surface area contributed by atoms with Gasteiger partial charge in [-0.2, -0.15) is 0 Å². The Morgan fingerprint density at radius 2 is 1.90 bits per heavy atom. The summed E-state index contributed by atoms with van der Waals surface area (Å²) >= 11 is 0. The Morgan fingerprint density at radius 1 is 1.13 bits per heavy atom. The van der Waals surface area contributed by atoms with Crippen molar-refractivity contribution in [3.63, 3.8) is 0 Å². The van der Waals surface area contributed by atoms with Crippen LogP contribution in [0.2, 0.25) is 0 Å². The Morgan fingerprint density at radius 3 is 2.61 bits per heavy atom. The summed E-state index contributed by atoms with van der Waals surface area (Å²) in [4.78, 5) is 17.9. The summed E-state index contributed by atoms with van der Waals surface area (Å²) in [7, 11) is 3.20. The highest BCUT2D eigenvalue weighted by atomic mass is 16.5. The van der Waals surface area contributed by atoms with Crippen LogP contribution in [0.25, 0.3) is 11.3 Å². The predicted molar refractivity (Wildman–Crippen MR) is 119 cm³/mol. The minimum Gasteiger partial charge on any atom is -0.496 e. The molecule has 6 heteroatoms. The molecule has 2 aromatic carbocycles. The second-order valence-corrected chi connectivity index (χ2v) is 8.32. The Hall–Kier alpha value is -3.28. The van der Waals surface area contributed by atoms with Crippen molar-refractivity contribution in [1.29, 1.82) is 0 Å². The summed E-state index contributed by atoms with van der Waals surface area (Å²) < 4.78 is 13.1. The van der Waals surface area contributed by atoms with Gasteiger partial charge < -0.3 is 19.4 Å². The van der Waals surface area contributed by atoms with Gasteiger partial charge in [0.15, 0.2) is 0 Å². The lowest BCUT2D eigenvalue weighted by atomic mass is 10.0. The van der Waals surface area contributed by atoms with Gasteiger partial charge in [-0.15, -0.1) is 0 Å². The summed E-state index contributed by atoms with van der Waals surface area (Å²) in [6.07, 6.45) is 6.23. The number of carbonyl (C=O) groups excluding carboxylic acids is 1. The molecule has 0 fully saturated rings. The lowest BCUT2D eigenvalue weighted by Crippen LogP contribution is -2.27. The first-order valence-electron chi connectivity index (χ1n) is 10.8. The van der Waals surface area contributed by atoms with E-state index in [1.807, 2.05) is 6.92 Å². The number of amides is 1. The summed E-state index contributed by atoms with van der Waals surface area (Å²) in [6, 6.07) is 10.0. The quantitative estimate of drug-likeness (QED) is 0.674. The van der Waals surface area contributed by atoms with E-state index in [2.05, 4.69) is 34.3 Å². The minimum atomic E-state index is -0.124. The maximum atomic E-state index is 13.1. The van der Waals surface area contributed by atoms with Gasteiger partial charge in [0.2, 0.25) is 0 Å². The summed E-state index contributed by atoms with van der Waals surface area (Å²) in [6.45, 7) is 2.97. The number of methoxy groups -OCH3 is 2. The van der Waals surface area contributed by atoms with E-state index >= 15 is 0 Å². The van der Waals surface area contributed by atoms with Crippen LogP contribution in [0, 0.1) is 6.92 Å². The van der Waals surface area contributed by atoms with Crippen molar-refractivity contribution >= 4 is 5.91 Å². The molecule has 1 atom stereocenters. The van der Waals surface area contributed by atoms with Gasteiger partial charge >= 0.3 is 0 Å². The number of nitrogens with zero attached hydrogens (tertiary/aromatic N) is 2. The van der Waals surface area contributed by atoms with Crippen LogP contribution in [0.1, 0.15) is 51.8 Å². The van der Waals surface area contributed by atoms with Crippen molar-refractivity contribution in [2.45, 2.75) is 45.2 Å². The van der Waals surface area contributed by atoms with Crippen LogP contribution in [0.5, 0.6) is 11.5 Å². The summed E-state index contributed by atoms with van der Waals surface area (Å²) in [5.74, 6) is 2.33. The largest absolute Gasteiger partial charge is 0.496 e. The normalized spacial score (nSPS) is 16.7. The molecule has 5 rings (SSSR count). The molecule has 1 N–H and O–H groups in total. The standard InChI is InChI=1S/C25H27N3O3/c1-15-22(30-2)12-18(13-23(15)31-3)25(29)27-20-9-8-16-6-7-17(11-19(16)20)21-14-28-10-4-5-24(28)26-21/h6-7,11-14,20H,4-5,8-10H2,1-3H3,(H,27,29)/t20-/m1/s1. The number of aromatic nitrogens is 2. The number of carbonyl (C=O) groups is 1. The number of benzene rings is 2. The topological polar surface area (TPSA) is 65.4 Å². The lowest BCUT2D eigenvalue weighted by molar-refractivity contribution is 0.0936. The maximum absolute atomic E-state index is 13.1. The van der Waals surface area contributed by atoms with Gasteiger partial charge in [0.25, 0.3) is 5.91 Å². The predicted octanol–water partition coefficient (Wildman–Crippen LogP) is 4.24.